The van der Waals surface area contributed by atoms with Gasteiger partial charge in [-0.15, -0.1) is 0 Å². The first-order valence-electron chi connectivity index (χ1n) is 7.43. The molecule has 26 heavy (non-hydrogen) atoms. The zero-order valence-corrected chi connectivity index (χ0v) is 20.2. The topological polar surface area (TPSA) is 46.6 Å². The molecule has 2 amide bonds. The van der Waals surface area contributed by atoms with Gasteiger partial charge in [0.05, 0.1) is 12.9 Å². The first-order chi connectivity index (χ1) is 12.3. The summed E-state index contributed by atoms with van der Waals surface area (Å²) in [6.07, 6.45) is 1.73. The molecule has 2 aromatic carbocycles. The van der Waals surface area contributed by atoms with Crippen LogP contribution >= 0.6 is 72.9 Å². The molecule has 1 aliphatic rings. The normalized spacial score (nSPS) is 15.8. The summed E-state index contributed by atoms with van der Waals surface area (Å²) in [5.74, 6) is 0.482. The number of ether oxygens (including phenoxy) is 1. The van der Waals surface area contributed by atoms with Gasteiger partial charge in [-0.05, 0) is 114 Å². The van der Waals surface area contributed by atoms with Gasteiger partial charge in [-0.2, -0.15) is 0 Å². The molecule has 8 heteroatoms. The minimum Gasteiger partial charge on any atom is -0.487 e. The fourth-order valence-electron chi connectivity index (χ4n) is 2.23. The molecule has 1 saturated heterocycles. The summed E-state index contributed by atoms with van der Waals surface area (Å²) in [7, 11) is 1.49. The number of rotatable bonds is 4. The van der Waals surface area contributed by atoms with Crippen molar-refractivity contribution in [3.05, 3.63) is 64.0 Å². The van der Waals surface area contributed by atoms with Crippen molar-refractivity contribution >= 4 is 90.1 Å². The number of benzene rings is 2. The average molecular weight is 656 g/mol. The fourth-order valence-corrected chi connectivity index (χ4v) is 5.19. The Bertz CT molecular complexity index is 892. The Kier molecular flexibility index (Phi) is 6.68. The molecule has 0 aromatic heterocycles. The second-order valence-electron chi connectivity index (χ2n) is 5.47. The van der Waals surface area contributed by atoms with Gasteiger partial charge in [0, 0.05) is 10.6 Å². The largest absolute Gasteiger partial charge is 0.487 e. The summed E-state index contributed by atoms with van der Waals surface area (Å²) in [5.41, 5.74) is 1.93. The lowest BCUT2D eigenvalue weighted by atomic mass is 10.2. The molecule has 0 aliphatic carbocycles. The SMILES string of the molecule is CN1C(=O)S/C(=C\c2cc(Br)c(OCc3ccc(I)cc3)c(I)c2)C1=O. The maximum Gasteiger partial charge on any atom is 0.293 e. The predicted molar refractivity (Wildman–Crippen MR) is 124 cm³/mol. The molecule has 0 saturated carbocycles. The third-order valence-corrected chi connectivity index (χ3v) is 6.67. The average Bonchev–Trinajstić information content (AvgIpc) is 2.83. The quantitative estimate of drug-likeness (QED) is 0.304. The molecule has 0 N–H and O–H groups in total. The van der Waals surface area contributed by atoms with Gasteiger partial charge in [0.15, 0.2) is 0 Å². The van der Waals surface area contributed by atoms with Gasteiger partial charge >= 0.3 is 0 Å². The standard InChI is InChI=1S/C18H12BrI2NO3S/c1-22-17(23)15(26-18(22)24)8-11-6-13(19)16(14(21)7-11)25-9-10-2-4-12(20)5-3-10/h2-8H,9H2,1H3/b15-8-. The van der Waals surface area contributed by atoms with E-state index in [0.717, 1.165) is 41.6 Å². The number of nitrogens with zero attached hydrogens (tertiary/aromatic N) is 1. The van der Waals surface area contributed by atoms with Crippen LogP contribution in [0.15, 0.2) is 45.8 Å². The van der Waals surface area contributed by atoms with Crippen LogP contribution < -0.4 is 4.74 Å². The monoisotopic (exact) mass is 655 g/mol. The molecular weight excluding hydrogens is 644 g/mol. The number of hydrogen-bond acceptors (Lipinski definition) is 4. The second-order valence-corrected chi connectivity index (χ2v) is 9.72. The fraction of sp³-hybridized carbons (Fsp3) is 0.111. The van der Waals surface area contributed by atoms with Crippen LogP contribution in [0.5, 0.6) is 5.75 Å². The summed E-state index contributed by atoms with van der Waals surface area (Å²) in [5, 5.41) is -0.257. The maximum absolute atomic E-state index is 12.0. The van der Waals surface area contributed by atoms with Crippen LogP contribution in [0.3, 0.4) is 0 Å². The molecule has 134 valence electrons. The van der Waals surface area contributed by atoms with E-state index in [2.05, 4.69) is 61.1 Å². The number of carbonyl (C=O) groups is 2. The minimum atomic E-state index is -0.273. The van der Waals surface area contributed by atoms with Crippen LogP contribution in [0.2, 0.25) is 0 Å². The van der Waals surface area contributed by atoms with E-state index in [1.54, 1.807) is 6.08 Å². The molecule has 0 radical (unpaired) electrons. The first-order valence-corrected chi connectivity index (χ1v) is 11.2. The molecular formula is C18H12BrI2NO3S. The van der Waals surface area contributed by atoms with Crippen molar-refractivity contribution in [2.75, 3.05) is 7.05 Å². The summed E-state index contributed by atoms with van der Waals surface area (Å²) in [4.78, 5) is 25.2. The van der Waals surface area contributed by atoms with Crippen LogP contribution in [-0.2, 0) is 11.4 Å². The Morgan fingerprint density at radius 1 is 1.19 bits per heavy atom. The molecule has 0 atom stereocenters. The number of imide groups is 1. The lowest BCUT2D eigenvalue weighted by Gasteiger charge is -2.12. The summed E-state index contributed by atoms with van der Waals surface area (Å²) in [6.45, 7) is 0.472. The highest BCUT2D eigenvalue weighted by Gasteiger charge is 2.31. The van der Waals surface area contributed by atoms with Gasteiger partial charge in [-0.25, -0.2) is 0 Å². The molecule has 0 bridgehead atoms. The van der Waals surface area contributed by atoms with Crippen LogP contribution in [0, 0.1) is 7.14 Å². The van der Waals surface area contributed by atoms with Gasteiger partial charge in [-0.3, -0.25) is 14.5 Å². The lowest BCUT2D eigenvalue weighted by Crippen LogP contribution is -2.22. The summed E-state index contributed by atoms with van der Waals surface area (Å²) in [6, 6.07) is 12.0. The van der Waals surface area contributed by atoms with Crippen LogP contribution in [0.4, 0.5) is 4.79 Å². The molecule has 1 heterocycles. The Balaban J connectivity index is 1.79. The number of hydrogen-bond donors (Lipinski definition) is 0. The van der Waals surface area contributed by atoms with E-state index in [-0.39, 0.29) is 11.1 Å². The van der Waals surface area contributed by atoms with Crippen molar-refractivity contribution in [2.45, 2.75) is 6.61 Å². The Hall–Kier alpha value is -0.590. The van der Waals surface area contributed by atoms with Crippen molar-refractivity contribution in [1.82, 2.24) is 4.90 Å². The van der Waals surface area contributed by atoms with Crippen LogP contribution in [0.25, 0.3) is 6.08 Å². The third-order valence-electron chi connectivity index (χ3n) is 3.60. The van der Waals surface area contributed by atoms with Crippen LogP contribution in [-0.4, -0.2) is 23.1 Å². The number of likely N-dealkylation sites (N-methyl/N-ethyl adjacent to an activating group) is 1. The molecule has 2 aromatic rings. The smallest absolute Gasteiger partial charge is 0.293 e. The van der Waals surface area contributed by atoms with E-state index in [1.165, 1.54) is 10.6 Å². The maximum atomic E-state index is 12.0. The summed E-state index contributed by atoms with van der Waals surface area (Å²) >= 11 is 8.97. The number of amides is 2. The Morgan fingerprint density at radius 2 is 1.88 bits per heavy atom. The van der Waals surface area contributed by atoms with E-state index < -0.39 is 0 Å². The zero-order valence-electron chi connectivity index (χ0n) is 13.5. The minimum absolute atomic E-state index is 0.257. The van der Waals surface area contributed by atoms with E-state index >= 15 is 0 Å². The lowest BCUT2D eigenvalue weighted by molar-refractivity contribution is -0.121. The van der Waals surface area contributed by atoms with Crippen molar-refractivity contribution in [1.29, 1.82) is 0 Å². The molecule has 0 unspecified atom stereocenters. The first kappa shape index (κ1) is 20.2. The molecule has 1 aliphatic heterocycles. The van der Waals surface area contributed by atoms with Crippen molar-refractivity contribution in [3.63, 3.8) is 0 Å². The van der Waals surface area contributed by atoms with Gasteiger partial charge in [-0.1, -0.05) is 12.1 Å². The second kappa shape index (κ2) is 8.61. The summed E-state index contributed by atoms with van der Waals surface area (Å²) < 4.78 is 8.87. The highest BCUT2D eigenvalue weighted by atomic mass is 127. The van der Waals surface area contributed by atoms with Gasteiger partial charge in [0.1, 0.15) is 12.4 Å². The van der Waals surface area contributed by atoms with E-state index in [1.807, 2.05) is 36.4 Å². The van der Waals surface area contributed by atoms with Gasteiger partial charge < -0.3 is 4.74 Å². The van der Waals surface area contributed by atoms with Crippen LogP contribution in [0.1, 0.15) is 11.1 Å². The number of halogens is 3. The third kappa shape index (κ3) is 4.63. The van der Waals surface area contributed by atoms with Crippen molar-refractivity contribution in [2.24, 2.45) is 0 Å². The van der Waals surface area contributed by atoms with Gasteiger partial charge in [0.2, 0.25) is 0 Å². The highest BCUT2D eigenvalue weighted by molar-refractivity contribution is 14.1. The zero-order chi connectivity index (χ0) is 18.8. The Morgan fingerprint density at radius 3 is 2.46 bits per heavy atom. The molecule has 0 spiro atoms. The van der Waals surface area contributed by atoms with Crippen molar-refractivity contribution in [3.8, 4) is 5.75 Å². The van der Waals surface area contributed by atoms with E-state index in [0.29, 0.717) is 11.5 Å². The van der Waals surface area contributed by atoms with E-state index in [9.17, 15) is 9.59 Å². The number of carbonyl (C=O) groups excluding carboxylic acids is 2. The Labute approximate surface area is 191 Å². The number of thioether (sulfide) groups is 1. The van der Waals surface area contributed by atoms with Crippen molar-refractivity contribution < 1.29 is 14.3 Å². The van der Waals surface area contributed by atoms with E-state index in [4.69, 9.17) is 4.74 Å². The molecule has 4 nitrogen and oxygen atoms in total. The van der Waals surface area contributed by atoms with Gasteiger partial charge in [0.25, 0.3) is 11.1 Å². The molecule has 3 rings (SSSR count). The molecule has 1 fully saturated rings. The highest BCUT2D eigenvalue weighted by Crippen LogP contribution is 2.36. The predicted octanol–water partition coefficient (Wildman–Crippen LogP) is 5.90.